The third kappa shape index (κ3) is 3.84. The highest BCUT2D eigenvalue weighted by atomic mass is 19.4. The maximum atomic E-state index is 12.5. The summed E-state index contributed by atoms with van der Waals surface area (Å²) in [6.07, 6.45) is -2.33. The molecule has 0 atom stereocenters. The molecule has 1 aliphatic heterocycles. The summed E-state index contributed by atoms with van der Waals surface area (Å²) in [5.74, 6) is -0.227. The van der Waals surface area contributed by atoms with E-state index in [1.165, 1.54) is 30.7 Å². The van der Waals surface area contributed by atoms with Crippen molar-refractivity contribution in [1.29, 1.82) is 0 Å². The van der Waals surface area contributed by atoms with Crippen LogP contribution in [-0.2, 0) is 0 Å². The molecule has 4 rings (SSSR count). The molecule has 3 nitrogen and oxygen atoms in total. The van der Waals surface area contributed by atoms with Gasteiger partial charge in [0.1, 0.15) is 5.75 Å². The van der Waals surface area contributed by atoms with E-state index in [-0.39, 0.29) is 5.75 Å². The molecule has 1 aromatic heterocycles. The lowest BCUT2D eigenvalue weighted by Gasteiger charge is -2.20. The summed E-state index contributed by atoms with van der Waals surface area (Å²) in [6.45, 7) is 4.04. The van der Waals surface area contributed by atoms with Crippen LogP contribution in [0, 0.1) is 6.92 Å². The minimum absolute atomic E-state index is 0.227. The number of halogens is 3. The first-order chi connectivity index (χ1) is 12.9. The third-order valence-electron chi connectivity index (χ3n) is 4.76. The van der Waals surface area contributed by atoms with Crippen LogP contribution in [0.25, 0.3) is 22.0 Å². The lowest BCUT2D eigenvalue weighted by Crippen LogP contribution is -2.18. The Labute approximate surface area is 155 Å². The number of rotatable bonds is 3. The second kappa shape index (κ2) is 6.76. The molecular formula is C21H19F3N2O. The van der Waals surface area contributed by atoms with E-state index in [4.69, 9.17) is 0 Å². The van der Waals surface area contributed by atoms with E-state index in [1.807, 2.05) is 25.1 Å². The largest absolute Gasteiger partial charge is 0.573 e. The van der Waals surface area contributed by atoms with Crippen molar-refractivity contribution >= 4 is 16.6 Å². The molecule has 2 aromatic carbocycles. The van der Waals surface area contributed by atoms with E-state index in [0.717, 1.165) is 35.2 Å². The summed E-state index contributed by atoms with van der Waals surface area (Å²) in [4.78, 5) is 7.01. The Bertz CT molecular complexity index is 979. The molecule has 0 radical (unpaired) electrons. The third-order valence-corrected chi connectivity index (χ3v) is 4.76. The number of hydrogen-bond donors (Lipinski definition) is 0. The van der Waals surface area contributed by atoms with Gasteiger partial charge < -0.3 is 9.64 Å². The van der Waals surface area contributed by atoms with Crippen molar-refractivity contribution in [1.82, 2.24) is 4.98 Å². The Morgan fingerprint density at radius 3 is 2.44 bits per heavy atom. The molecule has 3 aromatic rings. The summed E-state index contributed by atoms with van der Waals surface area (Å²) < 4.78 is 41.5. The van der Waals surface area contributed by atoms with Gasteiger partial charge in [-0.15, -0.1) is 13.2 Å². The van der Waals surface area contributed by atoms with Crippen LogP contribution in [0.15, 0.2) is 48.5 Å². The average Bonchev–Trinajstić information content (AvgIpc) is 3.13. The van der Waals surface area contributed by atoms with Crippen LogP contribution in [0.1, 0.15) is 18.5 Å². The zero-order chi connectivity index (χ0) is 19.0. The fourth-order valence-corrected chi connectivity index (χ4v) is 3.61. The molecule has 1 fully saturated rings. The van der Waals surface area contributed by atoms with E-state index in [0.29, 0.717) is 5.56 Å². The number of aryl methyl sites for hydroxylation is 1. The maximum absolute atomic E-state index is 12.5. The van der Waals surface area contributed by atoms with Crippen molar-refractivity contribution in [3.8, 4) is 16.9 Å². The number of ether oxygens (including phenoxy) is 1. The topological polar surface area (TPSA) is 25.4 Å². The molecule has 1 aliphatic rings. The minimum Gasteiger partial charge on any atom is -0.406 e. The standard InChI is InChI=1S/C21H19F3N2O/c1-14-11-20(26-9-2-3-10-26)18-8-7-16(13-19(18)25-14)15-5-4-6-17(12-15)27-21(22,23)24/h4-8,11-13H,2-3,9-10H2,1H3. The van der Waals surface area contributed by atoms with Crippen molar-refractivity contribution in [3.63, 3.8) is 0 Å². The van der Waals surface area contributed by atoms with Crippen LogP contribution in [-0.4, -0.2) is 24.4 Å². The van der Waals surface area contributed by atoms with Gasteiger partial charge >= 0.3 is 6.36 Å². The zero-order valence-electron chi connectivity index (χ0n) is 14.9. The number of benzene rings is 2. The van der Waals surface area contributed by atoms with Crippen molar-refractivity contribution in [3.05, 3.63) is 54.2 Å². The molecule has 2 heterocycles. The second-order valence-corrected chi connectivity index (χ2v) is 6.78. The summed E-state index contributed by atoms with van der Waals surface area (Å²) >= 11 is 0. The molecule has 0 unspecified atom stereocenters. The summed E-state index contributed by atoms with van der Waals surface area (Å²) in [7, 11) is 0. The first kappa shape index (κ1) is 17.6. The van der Waals surface area contributed by atoms with Crippen molar-refractivity contribution in [2.75, 3.05) is 18.0 Å². The Hall–Kier alpha value is -2.76. The highest BCUT2D eigenvalue weighted by Gasteiger charge is 2.31. The van der Waals surface area contributed by atoms with Gasteiger partial charge in [0.05, 0.1) is 5.52 Å². The smallest absolute Gasteiger partial charge is 0.406 e. The van der Waals surface area contributed by atoms with Crippen LogP contribution in [0.4, 0.5) is 18.9 Å². The predicted octanol–water partition coefficient (Wildman–Crippen LogP) is 5.71. The minimum atomic E-state index is -4.70. The van der Waals surface area contributed by atoms with Gasteiger partial charge in [-0.2, -0.15) is 0 Å². The SMILES string of the molecule is Cc1cc(N2CCCC2)c2ccc(-c3cccc(OC(F)(F)F)c3)cc2n1. The summed E-state index contributed by atoms with van der Waals surface area (Å²) in [6, 6.07) is 14.0. The Morgan fingerprint density at radius 2 is 1.70 bits per heavy atom. The molecule has 27 heavy (non-hydrogen) atoms. The molecule has 0 bridgehead atoms. The van der Waals surface area contributed by atoms with Crippen LogP contribution >= 0.6 is 0 Å². The first-order valence-corrected chi connectivity index (χ1v) is 8.92. The van der Waals surface area contributed by atoms with E-state index in [9.17, 15) is 13.2 Å². The Morgan fingerprint density at radius 1 is 0.963 bits per heavy atom. The fraction of sp³-hybridized carbons (Fsp3) is 0.286. The number of aromatic nitrogens is 1. The van der Waals surface area contributed by atoms with Gasteiger partial charge in [0.2, 0.25) is 0 Å². The van der Waals surface area contributed by atoms with Gasteiger partial charge in [-0.1, -0.05) is 24.3 Å². The molecule has 140 valence electrons. The number of hydrogen-bond acceptors (Lipinski definition) is 3. The molecule has 0 amide bonds. The van der Waals surface area contributed by atoms with E-state index < -0.39 is 6.36 Å². The first-order valence-electron chi connectivity index (χ1n) is 8.92. The van der Waals surface area contributed by atoms with Gasteiger partial charge in [-0.05, 0) is 55.2 Å². The van der Waals surface area contributed by atoms with E-state index in [1.54, 1.807) is 12.1 Å². The zero-order valence-corrected chi connectivity index (χ0v) is 14.9. The molecule has 0 aliphatic carbocycles. The van der Waals surface area contributed by atoms with Gasteiger partial charge in [0, 0.05) is 29.9 Å². The monoisotopic (exact) mass is 372 g/mol. The number of anilines is 1. The Balaban J connectivity index is 1.75. The van der Waals surface area contributed by atoms with Crippen LogP contribution in [0.3, 0.4) is 0 Å². The lowest BCUT2D eigenvalue weighted by atomic mass is 10.0. The molecule has 6 heteroatoms. The summed E-state index contributed by atoms with van der Waals surface area (Å²) in [5, 5.41) is 1.06. The van der Waals surface area contributed by atoms with Crippen LogP contribution < -0.4 is 9.64 Å². The highest BCUT2D eigenvalue weighted by molar-refractivity contribution is 5.94. The number of pyridine rings is 1. The lowest BCUT2D eigenvalue weighted by molar-refractivity contribution is -0.274. The molecule has 0 saturated carbocycles. The average molecular weight is 372 g/mol. The van der Waals surface area contributed by atoms with E-state index in [2.05, 4.69) is 20.7 Å². The number of fused-ring (bicyclic) bond motifs is 1. The quantitative estimate of drug-likeness (QED) is 0.589. The molecule has 1 saturated heterocycles. The van der Waals surface area contributed by atoms with Gasteiger partial charge in [-0.25, -0.2) is 0 Å². The van der Waals surface area contributed by atoms with E-state index >= 15 is 0 Å². The van der Waals surface area contributed by atoms with Gasteiger partial charge in [0.25, 0.3) is 0 Å². The normalized spacial score (nSPS) is 14.7. The number of nitrogens with zero attached hydrogens (tertiary/aromatic N) is 2. The van der Waals surface area contributed by atoms with Crippen molar-refractivity contribution in [2.45, 2.75) is 26.1 Å². The predicted molar refractivity (Wildman–Crippen MR) is 100 cm³/mol. The van der Waals surface area contributed by atoms with Gasteiger partial charge in [0.15, 0.2) is 0 Å². The van der Waals surface area contributed by atoms with Crippen LogP contribution in [0.2, 0.25) is 0 Å². The van der Waals surface area contributed by atoms with Crippen molar-refractivity contribution < 1.29 is 17.9 Å². The molecule has 0 N–H and O–H groups in total. The fourth-order valence-electron chi connectivity index (χ4n) is 3.61. The van der Waals surface area contributed by atoms with Crippen LogP contribution in [0.5, 0.6) is 5.75 Å². The second-order valence-electron chi connectivity index (χ2n) is 6.78. The van der Waals surface area contributed by atoms with Gasteiger partial charge in [-0.3, -0.25) is 4.98 Å². The molecular weight excluding hydrogens is 353 g/mol. The number of alkyl halides is 3. The highest BCUT2D eigenvalue weighted by Crippen LogP contribution is 2.33. The Kier molecular flexibility index (Phi) is 4.42. The van der Waals surface area contributed by atoms with Crippen molar-refractivity contribution in [2.24, 2.45) is 0 Å². The summed E-state index contributed by atoms with van der Waals surface area (Å²) in [5.41, 5.74) is 4.41. The maximum Gasteiger partial charge on any atom is 0.573 e. The molecule has 0 spiro atoms.